The van der Waals surface area contributed by atoms with Crippen LogP contribution in [0.15, 0.2) is 53.9 Å². The number of nitrogens with one attached hydrogen (secondary N) is 2. The van der Waals surface area contributed by atoms with Crippen molar-refractivity contribution in [2.75, 3.05) is 11.9 Å². The molecule has 3 aromatic rings. The Morgan fingerprint density at radius 2 is 1.71 bits per heavy atom. The third-order valence-corrected chi connectivity index (χ3v) is 7.46. The number of nitrogens with zero attached hydrogens (tertiary/aromatic N) is 1. The number of hydrogen-bond donors (Lipinski definition) is 3. The second kappa shape index (κ2) is 9.87. The van der Waals surface area contributed by atoms with Crippen LogP contribution in [0.2, 0.25) is 0 Å². The first kappa shape index (κ1) is 23.0. The highest BCUT2D eigenvalue weighted by molar-refractivity contribution is 7.14. The van der Waals surface area contributed by atoms with Crippen LogP contribution in [0.3, 0.4) is 0 Å². The molecule has 1 aromatic heterocycles. The number of carbonyl (C=O) groups is 3. The normalized spacial score (nSPS) is 18.5. The van der Waals surface area contributed by atoms with Crippen LogP contribution in [0.1, 0.15) is 53.2 Å². The van der Waals surface area contributed by atoms with Gasteiger partial charge in [0.2, 0.25) is 0 Å². The molecule has 2 aliphatic carbocycles. The summed E-state index contributed by atoms with van der Waals surface area (Å²) in [7, 11) is 0. The fourth-order valence-corrected chi connectivity index (χ4v) is 5.77. The number of carboxylic acids is 1. The summed E-state index contributed by atoms with van der Waals surface area (Å²) in [6.07, 6.45) is 1.82. The van der Waals surface area contributed by atoms with Gasteiger partial charge in [0.1, 0.15) is 12.3 Å². The molecule has 9 heteroatoms. The molecular weight excluding hydrogens is 466 g/mol. The molecule has 0 spiro atoms. The average Bonchev–Trinajstić information content (AvgIpc) is 3.56. The molecule has 35 heavy (non-hydrogen) atoms. The SMILES string of the molecule is O=C(O)CC1CCCC1NC(=O)c1csc(NC(=O)OCC2c3ccccc3-c3ccccc32)n1. The number of thiazole rings is 1. The molecule has 3 N–H and O–H groups in total. The summed E-state index contributed by atoms with van der Waals surface area (Å²) in [5.41, 5.74) is 4.75. The maximum atomic E-state index is 12.6. The van der Waals surface area contributed by atoms with Gasteiger partial charge < -0.3 is 15.2 Å². The quantitative estimate of drug-likeness (QED) is 0.434. The van der Waals surface area contributed by atoms with Crippen molar-refractivity contribution < 1.29 is 24.2 Å². The Morgan fingerprint density at radius 1 is 1.03 bits per heavy atom. The fraction of sp³-hybridized carbons (Fsp3) is 0.308. The molecular formula is C26H25N3O5S. The summed E-state index contributed by atoms with van der Waals surface area (Å²) in [4.78, 5) is 40.3. The van der Waals surface area contributed by atoms with Crippen molar-refractivity contribution in [3.63, 3.8) is 0 Å². The first-order valence-corrected chi connectivity index (χ1v) is 12.5. The van der Waals surface area contributed by atoms with Crippen molar-refractivity contribution in [3.8, 4) is 11.1 Å². The number of anilines is 1. The summed E-state index contributed by atoms with van der Waals surface area (Å²) < 4.78 is 5.53. The highest BCUT2D eigenvalue weighted by Gasteiger charge is 2.31. The third-order valence-electron chi connectivity index (χ3n) is 6.70. The molecule has 180 valence electrons. The van der Waals surface area contributed by atoms with Gasteiger partial charge in [-0.2, -0.15) is 0 Å². The number of amides is 2. The topological polar surface area (TPSA) is 118 Å². The lowest BCUT2D eigenvalue weighted by atomic mass is 9.98. The number of hydrogen-bond acceptors (Lipinski definition) is 6. The number of carboxylic acid groups (broad SMARTS) is 1. The van der Waals surface area contributed by atoms with Crippen LogP contribution in [0, 0.1) is 5.92 Å². The number of rotatable bonds is 7. The van der Waals surface area contributed by atoms with Crippen LogP contribution >= 0.6 is 11.3 Å². The summed E-state index contributed by atoms with van der Waals surface area (Å²) in [6.45, 7) is 0.186. The van der Waals surface area contributed by atoms with Crippen LogP contribution in [0.25, 0.3) is 11.1 Å². The second-order valence-corrected chi connectivity index (χ2v) is 9.72. The molecule has 1 saturated carbocycles. The maximum absolute atomic E-state index is 12.6. The van der Waals surface area contributed by atoms with E-state index in [1.807, 2.05) is 24.3 Å². The zero-order valence-electron chi connectivity index (χ0n) is 18.9. The van der Waals surface area contributed by atoms with E-state index in [2.05, 4.69) is 39.9 Å². The molecule has 0 aliphatic heterocycles. The molecule has 2 unspecified atom stereocenters. The zero-order chi connectivity index (χ0) is 24.4. The molecule has 1 fully saturated rings. The van der Waals surface area contributed by atoms with E-state index in [1.165, 1.54) is 0 Å². The van der Waals surface area contributed by atoms with E-state index in [1.54, 1.807) is 5.38 Å². The Kier molecular flexibility index (Phi) is 6.50. The van der Waals surface area contributed by atoms with E-state index in [9.17, 15) is 14.4 Å². The van der Waals surface area contributed by atoms with Gasteiger partial charge in [-0.3, -0.25) is 14.9 Å². The minimum atomic E-state index is -0.862. The van der Waals surface area contributed by atoms with Crippen LogP contribution in [-0.2, 0) is 9.53 Å². The molecule has 0 bridgehead atoms. The highest BCUT2D eigenvalue weighted by Crippen LogP contribution is 2.44. The van der Waals surface area contributed by atoms with Crippen LogP contribution in [0.4, 0.5) is 9.93 Å². The van der Waals surface area contributed by atoms with E-state index in [-0.39, 0.29) is 47.6 Å². The van der Waals surface area contributed by atoms with Gasteiger partial charge in [-0.05, 0) is 41.0 Å². The van der Waals surface area contributed by atoms with Crippen LogP contribution in [0.5, 0.6) is 0 Å². The van der Waals surface area contributed by atoms with E-state index in [0.29, 0.717) is 0 Å². The second-order valence-electron chi connectivity index (χ2n) is 8.86. The number of benzene rings is 2. The standard InChI is InChI=1S/C26H25N3O5S/c30-23(31)12-15-6-5-11-21(15)27-24(32)22-14-35-25(28-22)29-26(33)34-13-20-18-9-3-1-7-16(18)17-8-2-4-10-19(17)20/h1-4,7-10,14-15,20-21H,5-6,11-13H2,(H,27,32)(H,30,31)(H,28,29,33). The Hall–Kier alpha value is -3.72. The van der Waals surface area contributed by atoms with Gasteiger partial charge in [-0.1, -0.05) is 55.0 Å². The average molecular weight is 492 g/mol. The van der Waals surface area contributed by atoms with Gasteiger partial charge in [0.15, 0.2) is 5.13 Å². The molecule has 2 aromatic carbocycles. The third kappa shape index (κ3) is 4.90. The van der Waals surface area contributed by atoms with Crippen molar-refractivity contribution in [2.45, 2.75) is 37.6 Å². The van der Waals surface area contributed by atoms with Crippen molar-refractivity contribution in [2.24, 2.45) is 5.92 Å². The van der Waals surface area contributed by atoms with E-state index < -0.39 is 12.1 Å². The summed E-state index contributed by atoms with van der Waals surface area (Å²) >= 11 is 1.13. The van der Waals surface area contributed by atoms with Gasteiger partial charge in [0.05, 0.1) is 6.42 Å². The van der Waals surface area contributed by atoms with Crippen molar-refractivity contribution >= 4 is 34.4 Å². The van der Waals surface area contributed by atoms with Gasteiger partial charge in [-0.15, -0.1) is 11.3 Å². The number of carbonyl (C=O) groups excluding carboxylic acids is 2. The summed E-state index contributed by atoms with van der Waals surface area (Å²) in [6, 6.07) is 16.0. The molecule has 2 aliphatic rings. The lowest BCUT2D eigenvalue weighted by Crippen LogP contribution is -2.38. The molecule has 5 rings (SSSR count). The predicted molar refractivity (Wildman–Crippen MR) is 132 cm³/mol. The van der Waals surface area contributed by atoms with Gasteiger partial charge in [-0.25, -0.2) is 9.78 Å². The lowest BCUT2D eigenvalue weighted by molar-refractivity contribution is -0.138. The molecule has 1 heterocycles. The number of ether oxygens (including phenoxy) is 1. The Bertz CT molecular complexity index is 1230. The van der Waals surface area contributed by atoms with Crippen LogP contribution in [-0.4, -0.2) is 40.7 Å². The molecule has 0 radical (unpaired) electrons. The van der Waals surface area contributed by atoms with Crippen LogP contribution < -0.4 is 10.6 Å². The Morgan fingerprint density at radius 3 is 2.40 bits per heavy atom. The van der Waals surface area contributed by atoms with Crippen molar-refractivity contribution in [3.05, 3.63) is 70.7 Å². The summed E-state index contributed by atoms with van der Waals surface area (Å²) in [5.74, 6) is -1.35. The van der Waals surface area contributed by atoms with E-state index >= 15 is 0 Å². The number of aromatic nitrogens is 1. The molecule has 2 amide bonds. The Balaban J connectivity index is 1.17. The summed E-state index contributed by atoms with van der Waals surface area (Å²) in [5, 5.41) is 16.4. The van der Waals surface area contributed by atoms with Gasteiger partial charge in [0.25, 0.3) is 5.91 Å². The van der Waals surface area contributed by atoms with E-state index in [4.69, 9.17) is 9.84 Å². The largest absolute Gasteiger partial charge is 0.481 e. The number of fused-ring (bicyclic) bond motifs is 3. The minimum absolute atomic E-state index is 0.0383. The molecule has 8 nitrogen and oxygen atoms in total. The van der Waals surface area contributed by atoms with Gasteiger partial charge >= 0.3 is 12.1 Å². The van der Waals surface area contributed by atoms with Crippen molar-refractivity contribution in [1.29, 1.82) is 0 Å². The highest BCUT2D eigenvalue weighted by atomic mass is 32.1. The Labute approximate surface area is 206 Å². The molecule has 2 atom stereocenters. The predicted octanol–water partition coefficient (Wildman–Crippen LogP) is 4.88. The maximum Gasteiger partial charge on any atom is 0.413 e. The zero-order valence-corrected chi connectivity index (χ0v) is 19.7. The first-order valence-electron chi connectivity index (χ1n) is 11.6. The molecule has 0 saturated heterocycles. The first-order chi connectivity index (χ1) is 17.0. The van der Waals surface area contributed by atoms with Crippen molar-refractivity contribution in [1.82, 2.24) is 10.3 Å². The van der Waals surface area contributed by atoms with Gasteiger partial charge in [0, 0.05) is 17.3 Å². The monoisotopic (exact) mass is 491 g/mol. The van der Waals surface area contributed by atoms with E-state index in [0.717, 1.165) is 52.9 Å². The smallest absolute Gasteiger partial charge is 0.413 e. The number of aliphatic carboxylic acids is 1. The minimum Gasteiger partial charge on any atom is -0.481 e. The lowest BCUT2D eigenvalue weighted by Gasteiger charge is -2.18. The fourth-order valence-electron chi connectivity index (χ4n) is 5.10.